The molecule has 1 aliphatic rings. The van der Waals surface area contributed by atoms with Crippen molar-refractivity contribution in [2.45, 2.75) is 50.2 Å². The molecule has 4 aromatic rings. The van der Waals surface area contributed by atoms with E-state index in [4.69, 9.17) is 32.7 Å². The number of nitrogens with one attached hydrogen (secondary N) is 1. The number of anilines is 1. The molecule has 1 N–H and O–H groups in total. The SMILES string of the molecule is CC[C@@H](C)NC(=O)[C@@H](Cc1ccccc1)N(Cc1c(Cl)cccc1Cl)C(=O)CN(c1ccc2c(c1)OCCO2)S(=O)(=O)c1ccccc1. The Kier molecular flexibility index (Phi) is 11.5. The number of ether oxygens (including phenoxy) is 2. The molecule has 0 aromatic heterocycles. The van der Waals surface area contributed by atoms with Crippen LogP contribution in [0, 0.1) is 0 Å². The second-order valence-electron chi connectivity index (χ2n) is 11.4. The highest BCUT2D eigenvalue weighted by atomic mass is 35.5. The first-order valence-electron chi connectivity index (χ1n) is 15.6. The average Bonchev–Trinajstić information content (AvgIpc) is 3.10. The molecule has 0 saturated heterocycles. The van der Waals surface area contributed by atoms with Gasteiger partial charge in [-0.3, -0.25) is 13.9 Å². The molecule has 1 heterocycles. The lowest BCUT2D eigenvalue weighted by Gasteiger charge is -2.35. The minimum atomic E-state index is -4.29. The van der Waals surface area contributed by atoms with Gasteiger partial charge >= 0.3 is 0 Å². The number of nitrogens with zero attached hydrogens (tertiary/aromatic N) is 2. The molecule has 9 nitrogen and oxygen atoms in total. The van der Waals surface area contributed by atoms with Crippen molar-refractivity contribution in [2.75, 3.05) is 24.1 Å². The summed E-state index contributed by atoms with van der Waals surface area (Å²) in [6.07, 6.45) is 0.827. The quantitative estimate of drug-likeness (QED) is 0.170. The van der Waals surface area contributed by atoms with E-state index >= 15 is 0 Å². The Morgan fingerprint density at radius 1 is 0.854 bits per heavy atom. The van der Waals surface area contributed by atoms with Crippen molar-refractivity contribution in [3.05, 3.63) is 118 Å². The lowest BCUT2D eigenvalue weighted by Crippen LogP contribution is -2.54. The number of amides is 2. The summed E-state index contributed by atoms with van der Waals surface area (Å²) >= 11 is 13.2. The van der Waals surface area contributed by atoms with Crippen LogP contribution in [-0.2, 0) is 32.6 Å². The highest BCUT2D eigenvalue weighted by Gasteiger charge is 2.36. The van der Waals surface area contributed by atoms with Crippen molar-refractivity contribution in [3.8, 4) is 11.5 Å². The summed E-state index contributed by atoms with van der Waals surface area (Å²) in [5.41, 5.74) is 1.43. The van der Waals surface area contributed by atoms with Gasteiger partial charge in [-0.05, 0) is 55.3 Å². The maximum Gasteiger partial charge on any atom is 0.264 e. The molecule has 2 atom stereocenters. The molecule has 0 unspecified atom stereocenters. The first-order valence-corrected chi connectivity index (χ1v) is 17.8. The van der Waals surface area contributed by atoms with E-state index in [9.17, 15) is 18.0 Å². The van der Waals surface area contributed by atoms with Crippen LogP contribution in [0.5, 0.6) is 11.5 Å². The third kappa shape index (κ3) is 8.24. The van der Waals surface area contributed by atoms with Crippen molar-refractivity contribution >= 4 is 50.7 Å². The highest BCUT2D eigenvalue weighted by Crippen LogP contribution is 2.36. The fourth-order valence-electron chi connectivity index (χ4n) is 5.28. The Morgan fingerprint density at radius 2 is 1.48 bits per heavy atom. The number of sulfonamides is 1. The van der Waals surface area contributed by atoms with Crippen molar-refractivity contribution in [1.29, 1.82) is 0 Å². The van der Waals surface area contributed by atoms with Gasteiger partial charge in [0.05, 0.1) is 10.6 Å². The molecule has 1 aliphatic heterocycles. The number of carbonyl (C=O) groups is 2. The molecule has 12 heteroatoms. The molecule has 48 heavy (non-hydrogen) atoms. The molecule has 252 valence electrons. The van der Waals surface area contributed by atoms with E-state index in [1.54, 1.807) is 48.5 Å². The van der Waals surface area contributed by atoms with Gasteiger partial charge in [0.2, 0.25) is 11.8 Å². The van der Waals surface area contributed by atoms with E-state index in [2.05, 4.69) is 5.32 Å². The van der Waals surface area contributed by atoms with Crippen LogP contribution in [0.25, 0.3) is 0 Å². The van der Waals surface area contributed by atoms with Gasteiger partial charge < -0.3 is 19.7 Å². The standard InChI is InChI=1S/C36H37Cl2N3O6S/c1-3-25(2)39-36(43)32(21-26-11-6-4-7-12-26)40(23-29-30(37)15-10-16-31(29)38)35(42)24-41(48(44,45)28-13-8-5-9-14-28)27-17-18-33-34(22-27)47-20-19-46-33/h4-18,22,25,32H,3,19-21,23-24H2,1-2H3,(H,39,43)/t25-,32-/m1/s1. The van der Waals surface area contributed by atoms with Gasteiger partial charge in [-0.1, -0.05) is 84.7 Å². The predicted molar refractivity (Wildman–Crippen MR) is 187 cm³/mol. The lowest BCUT2D eigenvalue weighted by atomic mass is 10.0. The van der Waals surface area contributed by atoms with Gasteiger partial charge in [-0.2, -0.15) is 0 Å². The molecule has 0 saturated carbocycles. The van der Waals surface area contributed by atoms with Crippen LogP contribution in [0.4, 0.5) is 5.69 Å². The van der Waals surface area contributed by atoms with Gasteiger partial charge in [0.1, 0.15) is 25.8 Å². The van der Waals surface area contributed by atoms with Gasteiger partial charge in [-0.15, -0.1) is 0 Å². The van der Waals surface area contributed by atoms with Crippen LogP contribution in [-0.4, -0.2) is 57.0 Å². The number of rotatable bonds is 13. The number of fused-ring (bicyclic) bond motifs is 1. The maximum absolute atomic E-state index is 14.7. The number of carbonyl (C=O) groups excluding carboxylic acids is 2. The Bertz CT molecular complexity index is 1820. The fraction of sp³-hybridized carbons (Fsp3) is 0.278. The van der Waals surface area contributed by atoms with Crippen molar-refractivity contribution in [2.24, 2.45) is 0 Å². The lowest BCUT2D eigenvalue weighted by molar-refractivity contribution is -0.140. The number of hydrogen-bond donors (Lipinski definition) is 1. The minimum absolute atomic E-state index is 0.0104. The molecular weight excluding hydrogens is 673 g/mol. The van der Waals surface area contributed by atoms with Crippen LogP contribution < -0.4 is 19.1 Å². The number of halogens is 2. The smallest absolute Gasteiger partial charge is 0.264 e. The summed E-state index contributed by atoms with van der Waals surface area (Å²) in [4.78, 5) is 30.1. The summed E-state index contributed by atoms with van der Waals surface area (Å²) in [6.45, 7) is 3.69. The molecule has 5 rings (SSSR count). The largest absolute Gasteiger partial charge is 0.486 e. The van der Waals surface area contributed by atoms with Crippen molar-refractivity contribution in [1.82, 2.24) is 10.2 Å². The van der Waals surface area contributed by atoms with E-state index in [1.165, 1.54) is 23.1 Å². The maximum atomic E-state index is 14.7. The van der Waals surface area contributed by atoms with E-state index < -0.39 is 28.5 Å². The molecule has 4 aromatic carbocycles. The highest BCUT2D eigenvalue weighted by molar-refractivity contribution is 7.92. The van der Waals surface area contributed by atoms with Crippen LogP contribution in [0.2, 0.25) is 10.0 Å². The Labute approximate surface area is 291 Å². The monoisotopic (exact) mass is 709 g/mol. The third-order valence-electron chi connectivity index (χ3n) is 8.09. The molecular formula is C36H37Cl2N3O6S. The van der Waals surface area contributed by atoms with E-state index in [1.807, 2.05) is 44.2 Å². The molecule has 2 amide bonds. The van der Waals surface area contributed by atoms with Crippen LogP contribution >= 0.6 is 23.2 Å². The second kappa shape index (κ2) is 15.8. The Morgan fingerprint density at radius 3 is 2.12 bits per heavy atom. The first kappa shape index (κ1) is 35.1. The Hall–Kier alpha value is -4.25. The molecule has 0 bridgehead atoms. The Balaban J connectivity index is 1.61. The average molecular weight is 711 g/mol. The van der Waals surface area contributed by atoms with E-state index in [-0.39, 0.29) is 35.5 Å². The zero-order valence-electron chi connectivity index (χ0n) is 26.6. The van der Waals surface area contributed by atoms with Crippen LogP contribution in [0.15, 0.2) is 102 Å². The van der Waals surface area contributed by atoms with E-state index in [0.29, 0.717) is 46.7 Å². The third-order valence-corrected chi connectivity index (χ3v) is 10.6. The zero-order valence-corrected chi connectivity index (χ0v) is 29.0. The van der Waals surface area contributed by atoms with Gasteiger partial charge in [0, 0.05) is 40.7 Å². The first-order chi connectivity index (χ1) is 23.1. The van der Waals surface area contributed by atoms with E-state index in [0.717, 1.165) is 9.87 Å². The summed E-state index contributed by atoms with van der Waals surface area (Å²) in [6, 6.07) is 25.6. The number of benzene rings is 4. The van der Waals surface area contributed by atoms with Gasteiger partial charge in [0.25, 0.3) is 10.0 Å². The fourth-order valence-corrected chi connectivity index (χ4v) is 7.23. The molecule has 0 spiro atoms. The summed E-state index contributed by atoms with van der Waals surface area (Å²) < 4.78 is 41.0. The summed E-state index contributed by atoms with van der Waals surface area (Å²) in [5.74, 6) is -0.204. The summed E-state index contributed by atoms with van der Waals surface area (Å²) in [5, 5.41) is 3.63. The van der Waals surface area contributed by atoms with Gasteiger partial charge in [-0.25, -0.2) is 8.42 Å². The van der Waals surface area contributed by atoms with Crippen molar-refractivity contribution in [3.63, 3.8) is 0 Å². The predicted octanol–water partition coefficient (Wildman–Crippen LogP) is 6.51. The topological polar surface area (TPSA) is 105 Å². The minimum Gasteiger partial charge on any atom is -0.486 e. The molecule has 0 aliphatic carbocycles. The molecule has 0 fully saturated rings. The van der Waals surface area contributed by atoms with Gasteiger partial charge in [0.15, 0.2) is 11.5 Å². The zero-order chi connectivity index (χ0) is 34.3. The second-order valence-corrected chi connectivity index (χ2v) is 14.1. The van der Waals surface area contributed by atoms with Crippen LogP contribution in [0.3, 0.4) is 0 Å². The van der Waals surface area contributed by atoms with Crippen molar-refractivity contribution < 1.29 is 27.5 Å². The molecule has 0 radical (unpaired) electrons. The summed E-state index contributed by atoms with van der Waals surface area (Å²) in [7, 11) is -4.29. The number of hydrogen-bond acceptors (Lipinski definition) is 6. The van der Waals surface area contributed by atoms with Crippen LogP contribution in [0.1, 0.15) is 31.4 Å². The normalized spacial score (nSPS) is 13.7.